The lowest BCUT2D eigenvalue weighted by molar-refractivity contribution is -0.140. The Morgan fingerprint density at radius 2 is 1.69 bits per heavy atom. The fourth-order valence-electron chi connectivity index (χ4n) is 3.23. The molecule has 0 spiro atoms. The number of hydrogen-bond acceptors (Lipinski definition) is 3. The average Bonchev–Trinajstić information content (AvgIpc) is 2.75. The second-order valence-corrected chi connectivity index (χ2v) is 7.10. The van der Waals surface area contributed by atoms with Gasteiger partial charge in [-0.2, -0.15) is 0 Å². The van der Waals surface area contributed by atoms with Crippen LogP contribution in [0.25, 0.3) is 0 Å². The van der Waals surface area contributed by atoms with Gasteiger partial charge in [-0.25, -0.2) is 0 Å². The van der Waals surface area contributed by atoms with Gasteiger partial charge in [-0.3, -0.25) is 9.59 Å². The van der Waals surface area contributed by atoms with Crippen LogP contribution in [0.15, 0.2) is 54.6 Å². The molecule has 29 heavy (non-hydrogen) atoms. The average molecular weight is 397 g/mol. The van der Waals surface area contributed by atoms with Crippen molar-refractivity contribution in [1.29, 1.82) is 0 Å². The smallest absolute Gasteiger partial charge is 0.242 e. The van der Waals surface area contributed by atoms with Crippen LogP contribution in [0.2, 0.25) is 0 Å². The highest BCUT2D eigenvalue weighted by Crippen LogP contribution is 2.17. The van der Waals surface area contributed by atoms with E-state index in [0.717, 1.165) is 29.7 Å². The van der Waals surface area contributed by atoms with Gasteiger partial charge in [-0.1, -0.05) is 62.7 Å². The zero-order chi connectivity index (χ0) is 21.1. The first-order valence-corrected chi connectivity index (χ1v) is 10.3. The summed E-state index contributed by atoms with van der Waals surface area (Å²) in [6.45, 7) is 5.05. The van der Waals surface area contributed by atoms with Crippen molar-refractivity contribution in [2.24, 2.45) is 0 Å². The Morgan fingerprint density at radius 1 is 1.00 bits per heavy atom. The number of nitrogens with zero attached hydrogens (tertiary/aromatic N) is 1. The van der Waals surface area contributed by atoms with Crippen LogP contribution in [0, 0.1) is 0 Å². The van der Waals surface area contributed by atoms with Gasteiger partial charge in [0.05, 0.1) is 13.5 Å². The van der Waals surface area contributed by atoms with E-state index < -0.39 is 6.04 Å². The van der Waals surface area contributed by atoms with Gasteiger partial charge >= 0.3 is 0 Å². The highest BCUT2D eigenvalue weighted by atomic mass is 16.5. The number of amides is 2. The molecule has 2 aromatic carbocycles. The van der Waals surface area contributed by atoms with E-state index in [2.05, 4.69) is 12.2 Å². The lowest BCUT2D eigenvalue weighted by Gasteiger charge is -2.31. The van der Waals surface area contributed by atoms with Crippen LogP contribution >= 0.6 is 0 Å². The molecule has 0 aliphatic carbocycles. The summed E-state index contributed by atoms with van der Waals surface area (Å²) in [4.78, 5) is 27.7. The Hall–Kier alpha value is -2.82. The number of carbonyl (C=O) groups is 2. The van der Waals surface area contributed by atoms with Gasteiger partial charge in [0, 0.05) is 13.1 Å². The molecule has 0 radical (unpaired) electrons. The quantitative estimate of drug-likeness (QED) is 0.585. The van der Waals surface area contributed by atoms with Crippen LogP contribution in [0.1, 0.15) is 44.2 Å². The first kappa shape index (κ1) is 22.5. The fraction of sp³-hybridized carbons (Fsp3) is 0.417. The van der Waals surface area contributed by atoms with Gasteiger partial charge in [-0.05, 0) is 36.1 Å². The lowest BCUT2D eigenvalue weighted by atomic mass is 10.1. The van der Waals surface area contributed by atoms with E-state index in [1.807, 2.05) is 61.5 Å². The Morgan fingerprint density at radius 3 is 2.28 bits per heavy atom. The number of benzene rings is 2. The molecule has 0 saturated carbocycles. The Labute approximate surface area is 174 Å². The van der Waals surface area contributed by atoms with Crippen LogP contribution in [0.4, 0.5) is 0 Å². The van der Waals surface area contributed by atoms with Crippen LogP contribution < -0.4 is 10.1 Å². The third kappa shape index (κ3) is 6.93. The van der Waals surface area contributed by atoms with Gasteiger partial charge in [0.2, 0.25) is 11.8 Å². The molecule has 156 valence electrons. The van der Waals surface area contributed by atoms with Gasteiger partial charge in [0.15, 0.2) is 0 Å². The maximum atomic E-state index is 13.2. The van der Waals surface area contributed by atoms with Crippen LogP contribution in [-0.2, 0) is 22.6 Å². The van der Waals surface area contributed by atoms with E-state index in [9.17, 15) is 9.59 Å². The van der Waals surface area contributed by atoms with Crippen molar-refractivity contribution in [3.05, 3.63) is 65.7 Å². The van der Waals surface area contributed by atoms with E-state index in [4.69, 9.17) is 4.74 Å². The van der Waals surface area contributed by atoms with Crippen molar-refractivity contribution in [3.63, 3.8) is 0 Å². The molecule has 1 N–H and O–H groups in total. The fourth-order valence-corrected chi connectivity index (χ4v) is 3.23. The van der Waals surface area contributed by atoms with Crippen molar-refractivity contribution < 1.29 is 14.3 Å². The molecule has 0 saturated heterocycles. The zero-order valence-electron chi connectivity index (χ0n) is 17.7. The molecule has 0 bridgehead atoms. The Balaban J connectivity index is 2.21. The third-order valence-corrected chi connectivity index (χ3v) is 4.93. The van der Waals surface area contributed by atoms with Crippen LogP contribution in [0.3, 0.4) is 0 Å². The van der Waals surface area contributed by atoms with E-state index in [1.165, 1.54) is 0 Å². The molecule has 0 heterocycles. The minimum atomic E-state index is -0.495. The second kappa shape index (κ2) is 11.9. The number of nitrogens with one attached hydrogen (secondary N) is 1. The molecule has 0 unspecified atom stereocenters. The largest absolute Gasteiger partial charge is 0.497 e. The van der Waals surface area contributed by atoms with Crippen LogP contribution in [-0.4, -0.2) is 36.4 Å². The minimum absolute atomic E-state index is 0.0514. The van der Waals surface area contributed by atoms with Crippen molar-refractivity contribution in [3.8, 4) is 5.75 Å². The standard InChI is InChI=1S/C24H32N2O3/c1-4-6-16-25-24(28)22(5-2)26(18-20-12-14-21(29-3)15-13-20)23(27)17-19-10-8-7-9-11-19/h7-15,22H,4-6,16-18H2,1-3H3,(H,25,28)/t22-/m1/s1. The number of carbonyl (C=O) groups excluding carboxylic acids is 2. The zero-order valence-corrected chi connectivity index (χ0v) is 17.7. The molecule has 0 aliphatic heterocycles. The maximum absolute atomic E-state index is 13.2. The maximum Gasteiger partial charge on any atom is 0.242 e. The van der Waals surface area contributed by atoms with E-state index in [1.54, 1.807) is 12.0 Å². The first-order chi connectivity index (χ1) is 14.1. The van der Waals surface area contributed by atoms with Gasteiger partial charge in [0.1, 0.15) is 11.8 Å². The minimum Gasteiger partial charge on any atom is -0.497 e. The topological polar surface area (TPSA) is 58.6 Å². The predicted molar refractivity (Wildman–Crippen MR) is 116 cm³/mol. The summed E-state index contributed by atoms with van der Waals surface area (Å²) in [5, 5.41) is 2.99. The van der Waals surface area contributed by atoms with E-state index >= 15 is 0 Å². The van der Waals surface area contributed by atoms with Crippen molar-refractivity contribution in [2.45, 2.75) is 52.1 Å². The van der Waals surface area contributed by atoms with Crippen LogP contribution in [0.5, 0.6) is 5.75 Å². The molecule has 2 rings (SSSR count). The molecular weight excluding hydrogens is 364 g/mol. The molecule has 5 heteroatoms. The number of methoxy groups -OCH3 is 1. The lowest BCUT2D eigenvalue weighted by Crippen LogP contribution is -2.49. The first-order valence-electron chi connectivity index (χ1n) is 10.3. The summed E-state index contributed by atoms with van der Waals surface area (Å²) in [6.07, 6.45) is 2.78. The SMILES string of the molecule is CCCCNC(=O)[C@@H](CC)N(Cc1ccc(OC)cc1)C(=O)Cc1ccccc1. The highest BCUT2D eigenvalue weighted by Gasteiger charge is 2.28. The molecule has 2 amide bonds. The monoisotopic (exact) mass is 396 g/mol. The number of hydrogen-bond donors (Lipinski definition) is 1. The molecule has 0 aromatic heterocycles. The number of unbranched alkanes of at least 4 members (excludes halogenated alkanes) is 1. The summed E-state index contributed by atoms with van der Waals surface area (Å²) < 4.78 is 5.22. The van der Waals surface area contributed by atoms with Gasteiger partial charge in [0.25, 0.3) is 0 Å². The molecule has 2 aromatic rings. The third-order valence-electron chi connectivity index (χ3n) is 4.93. The van der Waals surface area contributed by atoms with E-state index in [-0.39, 0.29) is 18.2 Å². The Bertz CT molecular complexity index is 759. The van der Waals surface area contributed by atoms with Gasteiger partial charge < -0.3 is 15.0 Å². The Kier molecular flexibility index (Phi) is 9.22. The number of ether oxygens (including phenoxy) is 1. The highest BCUT2D eigenvalue weighted by molar-refractivity contribution is 5.88. The normalized spacial score (nSPS) is 11.6. The van der Waals surface area contributed by atoms with Crippen molar-refractivity contribution >= 4 is 11.8 Å². The molecule has 0 aliphatic rings. The summed E-state index contributed by atoms with van der Waals surface area (Å²) >= 11 is 0. The summed E-state index contributed by atoms with van der Waals surface area (Å²) in [5.41, 5.74) is 1.91. The molecule has 5 nitrogen and oxygen atoms in total. The number of rotatable bonds is 11. The summed E-state index contributed by atoms with van der Waals surface area (Å²) in [6, 6.07) is 16.8. The second-order valence-electron chi connectivity index (χ2n) is 7.10. The molecule has 0 fully saturated rings. The van der Waals surface area contributed by atoms with E-state index in [0.29, 0.717) is 19.5 Å². The van der Waals surface area contributed by atoms with Gasteiger partial charge in [-0.15, -0.1) is 0 Å². The van der Waals surface area contributed by atoms with Crippen molar-refractivity contribution in [1.82, 2.24) is 10.2 Å². The molecular formula is C24H32N2O3. The summed E-state index contributed by atoms with van der Waals surface area (Å²) in [5.74, 6) is 0.626. The molecule has 1 atom stereocenters. The van der Waals surface area contributed by atoms with Crippen molar-refractivity contribution in [2.75, 3.05) is 13.7 Å². The predicted octanol–water partition coefficient (Wildman–Crippen LogP) is 3.96. The summed E-state index contributed by atoms with van der Waals surface area (Å²) in [7, 11) is 1.62.